The molecule has 1 N–H and O–H groups in total. The van der Waals surface area contributed by atoms with Gasteiger partial charge in [0.1, 0.15) is 12.4 Å². The highest BCUT2D eigenvalue weighted by Crippen LogP contribution is 2.25. The fraction of sp³-hybridized carbons (Fsp3) is 0.667. The van der Waals surface area contributed by atoms with Crippen molar-refractivity contribution < 1.29 is 9.47 Å². The van der Waals surface area contributed by atoms with E-state index in [2.05, 4.69) is 57.3 Å². The van der Waals surface area contributed by atoms with Crippen LogP contribution >= 0.6 is 0 Å². The lowest BCUT2D eigenvalue weighted by molar-refractivity contribution is 0.161. The van der Waals surface area contributed by atoms with Crippen molar-refractivity contribution in [3.05, 3.63) is 29.8 Å². The van der Waals surface area contributed by atoms with Crippen molar-refractivity contribution in [1.29, 1.82) is 0 Å². The molecule has 3 nitrogen and oxygen atoms in total. The summed E-state index contributed by atoms with van der Waals surface area (Å²) in [6.45, 7) is 12.2. The van der Waals surface area contributed by atoms with Crippen LogP contribution < -0.4 is 10.1 Å². The SMILES string of the molecule is CCNC(COc1ccc(C(C)(C)C)cc1)C1CCOC1. The molecule has 3 heteroatoms. The predicted octanol–water partition coefficient (Wildman–Crippen LogP) is 3.38. The smallest absolute Gasteiger partial charge is 0.119 e. The maximum absolute atomic E-state index is 5.98. The molecule has 0 amide bonds. The van der Waals surface area contributed by atoms with Crippen LogP contribution in [0.25, 0.3) is 0 Å². The minimum Gasteiger partial charge on any atom is -0.492 e. The molecule has 1 saturated heterocycles. The van der Waals surface area contributed by atoms with Crippen molar-refractivity contribution in [2.75, 3.05) is 26.4 Å². The predicted molar refractivity (Wildman–Crippen MR) is 87.0 cm³/mol. The van der Waals surface area contributed by atoms with Crippen LogP contribution in [0.2, 0.25) is 0 Å². The first-order chi connectivity index (χ1) is 10.0. The standard InChI is InChI=1S/C18H29NO2/c1-5-19-17(14-10-11-20-12-14)13-21-16-8-6-15(7-9-16)18(2,3)4/h6-9,14,17,19H,5,10-13H2,1-4H3. The monoisotopic (exact) mass is 291 g/mol. The summed E-state index contributed by atoms with van der Waals surface area (Å²) in [7, 11) is 0. The van der Waals surface area contributed by atoms with Crippen molar-refractivity contribution in [3.63, 3.8) is 0 Å². The van der Waals surface area contributed by atoms with Gasteiger partial charge in [-0.15, -0.1) is 0 Å². The number of hydrogen-bond acceptors (Lipinski definition) is 3. The topological polar surface area (TPSA) is 30.5 Å². The Morgan fingerprint density at radius 1 is 1.29 bits per heavy atom. The minimum absolute atomic E-state index is 0.187. The van der Waals surface area contributed by atoms with E-state index < -0.39 is 0 Å². The molecule has 21 heavy (non-hydrogen) atoms. The second-order valence-corrected chi connectivity index (χ2v) is 6.87. The average molecular weight is 291 g/mol. The van der Waals surface area contributed by atoms with Gasteiger partial charge in [-0.25, -0.2) is 0 Å². The summed E-state index contributed by atoms with van der Waals surface area (Å²) in [6, 6.07) is 8.86. The third-order valence-electron chi connectivity index (χ3n) is 4.15. The van der Waals surface area contributed by atoms with E-state index >= 15 is 0 Å². The molecule has 1 aliphatic rings. The highest BCUT2D eigenvalue weighted by atomic mass is 16.5. The Labute approximate surface area is 129 Å². The summed E-state index contributed by atoms with van der Waals surface area (Å²) in [4.78, 5) is 0. The maximum atomic E-state index is 5.98. The first-order valence-corrected chi connectivity index (χ1v) is 8.05. The van der Waals surface area contributed by atoms with Crippen LogP contribution in [-0.4, -0.2) is 32.4 Å². The summed E-state index contributed by atoms with van der Waals surface area (Å²) in [5, 5.41) is 3.53. The zero-order valence-electron chi connectivity index (χ0n) is 13.8. The number of hydrogen-bond donors (Lipinski definition) is 1. The quantitative estimate of drug-likeness (QED) is 0.871. The summed E-state index contributed by atoms with van der Waals surface area (Å²) in [5.41, 5.74) is 1.52. The molecular weight excluding hydrogens is 262 g/mol. The first-order valence-electron chi connectivity index (χ1n) is 8.05. The van der Waals surface area contributed by atoms with Crippen molar-refractivity contribution in [2.45, 2.75) is 45.6 Å². The van der Waals surface area contributed by atoms with Crippen molar-refractivity contribution in [3.8, 4) is 5.75 Å². The molecule has 0 aromatic heterocycles. The Morgan fingerprint density at radius 2 is 2.00 bits per heavy atom. The molecule has 1 fully saturated rings. The lowest BCUT2D eigenvalue weighted by Crippen LogP contribution is -2.41. The summed E-state index contributed by atoms with van der Waals surface area (Å²) in [5.74, 6) is 1.52. The number of rotatable bonds is 6. The normalized spacial score (nSPS) is 20.5. The van der Waals surface area contributed by atoms with Gasteiger partial charge in [0.05, 0.1) is 6.61 Å². The molecule has 0 spiro atoms. The van der Waals surface area contributed by atoms with Crippen LogP contribution in [0.15, 0.2) is 24.3 Å². The number of ether oxygens (including phenoxy) is 2. The second-order valence-electron chi connectivity index (χ2n) is 6.87. The molecule has 1 aromatic carbocycles. The minimum atomic E-state index is 0.187. The fourth-order valence-electron chi connectivity index (χ4n) is 2.73. The van der Waals surface area contributed by atoms with Gasteiger partial charge in [-0.3, -0.25) is 0 Å². The molecule has 1 heterocycles. The second kappa shape index (κ2) is 7.28. The van der Waals surface area contributed by atoms with Gasteiger partial charge in [0, 0.05) is 18.6 Å². The summed E-state index contributed by atoms with van der Waals surface area (Å²) in [6.07, 6.45) is 1.13. The molecule has 1 aliphatic heterocycles. The van der Waals surface area contributed by atoms with Gasteiger partial charge in [0.2, 0.25) is 0 Å². The Bertz CT molecular complexity index is 416. The van der Waals surface area contributed by atoms with Gasteiger partial charge in [-0.1, -0.05) is 39.8 Å². The zero-order chi connectivity index (χ0) is 15.3. The van der Waals surface area contributed by atoms with E-state index in [0.717, 1.165) is 31.9 Å². The molecule has 118 valence electrons. The van der Waals surface area contributed by atoms with Gasteiger partial charge in [-0.2, -0.15) is 0 Å². The number of likely N-dealkylation sites (N-methyl/N-ethyl adjacent to an activating group) is 1. The van der Waals surface area contributed by atoms with Gasteiger partial charge < -0.3 is 14.8 Å². The molecule has 0 saturated carbocycles. The third kappa shape index (κ3) is 4.72. The maximum Gasteiger partial charge on any atom is 0.119 e. The number of benzene rings is 1. The van der Waals surface area contributed by atoms with E-state index in [-0.39, 0.29) is 5.41 Å². The van der Waals surface area contributed by atoms with Gasteiger partial charge in [0.15, 0.2) is 0 Å². The van der Waals surface area contributed by atoms with E-state index in [1.807, 2.05) is 0 Å². The van der Waals surface area contributed by atoms with Crippen molar-refractivity contribution >= 4 is 0 Å². The Kier molecular flexibility index (Phi) is 5.65. The van der Waals surface area contributed by atoms with Crippen LogP contribution in [0.3, 0.4) is 0 Å². The van der Waals surface area contributed by atoms with Crippen LogP contribution in [0.1, 0.15) is 39.7 Å². The largest absolute Gasteiger partial charge is 0.492 e. The van der Waals surface area contributed by atoms with Gasteiger partial charge in [0.25, 0.3) is 0 Å². The average Bonchev–Trinajstić information content (AvgIpc) is 2.97. The molecule has 1 aromatic rings. The Balaban J connectivity index is 1.91. The van der Waals surface area contributed by atoms with Crippen LogP contribution in [0, 0.1) is 5.92 Å². The van der Waals surface area contributed by atoms with Gasteiger partial charge in [-0.05, 0) is 36.1 Å². The highest BCUT2D eigenvalue weighted by Gasteiger charge is 2.25. The molecule has 0 bridgehead atoms. The van der Waals surface area contributed by atoms with Crippen LogP contribution in [0.4, 0.5) is 0 Å². The van der Waals surface area contributed by atoms with E-state index in [4.69, 9.17) is 9.47 Å². The highest BCUT2D eigenvalue weighted by molar-refractivity contribution is 5.31. The molecule has 0 radical (unpaired) electrons. The Hall–Kier alpha value is -1.06. The molecule has 2 atom stereocenters. The van der Waals surface area contributed by atoms with Crippen LogP contribution in [0.5, 0.6) is 5.75 Å². The van der Waals surface area contributed by atoms with E-state index in [1.54, 1.807) is 0 Å². The van der Waals surface area contributed by atoms with E-state index in [1.165, 1.54) is 5.56 Å². The fourth-order valence-corrected chi connectivity index (χ4v) is 2.73. The molecule has 2 unspecified atom stereocenters. The zero-order valence-corrected chi connectivity index (χ0v) is 13.8. The summed E-state index contributed by atoms with van der Waals surface area (Å²) >= 11 is 0. The van der Waals surface area contributed by atoms with Gasteiger partial charge >= 0.3 is 0 Å². The lowest BCUT2D eigenvalue weighted by atomic mass is 9.87. The third-order valence-corrected chi connectivity index (χ3v) is 4.15. The van der Waals surface area contributed by atoms with Crippen molar-refractivity contribution in [1.82, 2.24) is 5.32 Å². The van der Waals surface area contributed by atoms with Crippen molar-refractivity contribution in [2.24, 2.45) is 5.92 Å². The molecule has 2 rings (SSSR count). The number of nitrogens with one attached hydrogen (secondary N) is 1. The molecular formula is C18H29NO2. The van der Waals surface area contributed by atoms with E-state index in [0.29, 0.717) is 18.6 Å². The first kappa shape index (κ1) is 16.3. The Morgan fingerprint density at radius 3 is 2.52 bits per heavy atom. The van der Waals surface area contributed by atoms with E-state index in [9.17, 15) is 0 Å². The summed E-state index contributed by atoms with van der Waals surface area (Å²) < 4.78 is 11.5. The van der Waals surface area contributed by atoms with Crippen LogP contribution in [-0.2, 0) is 10.2 Å². The molecule has 0 aliphatic carbocycles. The lowest BCUT2D eigenvalue weighted by Gasteiger charge is -2.24.